The molecule has 1 aromatic rings. The Kier molecular flexibility index (Phi) is 4.95. The van der Waals surface area contributed by atoms with E-state index >= 15 is 0 Å². The van der Waals surface area contributed by atoms with E-state index in [0.717, 1.165) is 31.2 Å². The highest BCUT2D eigenvalue weighted by atomic mass is 16.5. The summed E-state index contributed by atoms with van der Waals surface area (Å²) in [6.45, 7) is 0. The fourth-order valence-corrected chi connectivity index (χ4v) is 2.33. The van der Waals surface area contributed by atoms with Crippen LogP contribution in [0.4, 0.5) is 0 Å². The first kappa shape index (κ1) is 13.6. The van der Waals surface area contributed by atoms with Crippen LogP contribution in [0.1, 0.15) is 48.0 Å². The molecule has 0 bridgehead atoms. The van der Waals surface area contributed by atoms with Gasteiger partial charge in [0.25, 0.3) is 0 Å². The molecule has 0 radical (unpaired) electrons. The molecule has 4 nitrogen and oxygen atoms in total. The van der Waals surface area contributed by atoms with Crippen molar-refractivity contribution >= 4 is 12.2 Å². The average molecular weight is 260 g/mol. The number of carbonyl (C=O) groups is 1. The largest absolute Gasteiger partial charge is 0.459 e. The fourth-order valence-electron chi connectivity index (χ4n) is 2.33. The second-order valence-corrected chi connectivity index (χ2v) is 4.73. The number of hydrogen-bond donors (Lipinski definition) is 1. The molecular weight excluding hydrogens is 240 g/mol. The van der Waals surface area contributed by atoms with Crippen molar-refractivity contribution < 1.29 is 9.53 Å². The summed E-state index contributed by atoms with van der Waals surface area (Å²) in [7, 11) is 1.72. The SMILES string of the molecule is CN/N=C/c1ccccc1C(=O)OC1CCCCC1. The van der Waals surface area contributed by atoms with Gasteiger partial charge >= 0.3 is 5.97 Å². The minimum atomic E-state index is -0.245. The van der Waals surface area contributed by atoms with E-state index in [9.17, 15) is 4.79 Å². The summed E-state index contributed by atoms with van der Waals surface area (Å²) in [6, 6.07) is 7.36. The van der Waals surface area contributed by atoms with Crippen molar-refractivity contribution in [2.45, 2.75) is 38.2 Å². The number of esters is 1. The number of ether oxygens (including phenoxy) is 1. The standard InChI is InChI=1S/C15H20N2O2/c1-16-17-11-12-7-5-6-10-14(12)15(18)19-13-8-3-2-4-9-13/h5-7,10-11,13,16H,2-4,8-9H2,1H3/b17-11+. The van der Waals surface area contributed by atoms with E-state index in [1.54, 1.807) is 19.3 Å². The summed E-state index contributed by atoms with van der Waals surface area (Å²) in [5.74, 6) is -0.245. The van der Waals surface area contributed by atoms with E-state index in [2.05, 4.69) is 10.5 Å². The Morgan fingerprint density at radius 1 is 1.32 bits per heavy atom. The predicted octanol–water partition coefficient (Wildman–Crippen LogP) is 2.73. The molecule has 0 heterocycles. The van der Waals surface area contributed by atoms with Crippen LogP contribution >= 0.6 is 0 Å². The maximum atomic E-state index is 12.2. The monoisotopic (exact) mass is 260 g/mol. The van der Waals surface area contributed by atoms with Gasteiger partial charge in [0, 0.05) is 12.6 Å². The van der Waals surface area contributed by atoms with Crippen molar-refractivity contribution in [2.75, 3.05) is 7.05 Å². The summed E-state index contributed by atoms with van der Waals surface area (Å²) in [5.41, 5.74) is 4.03. The van der Waals surface area contributed by atoms with E-state index in [4.69, 9.17) is 4.74 Å². The minimum Gasteiger partial charge on any atom is -0.459 e. The van der Waals surface area contributed by atoms with Gasteiger partial charge in [0.05, 0.1) is 11.8 Å². The Morgan fingerprint density at radius 3 is 2.79 bits per heavy atom. The first-order valence-corrected chi connectivity index (χ1v) is 6.81. The molecule has 1 aliphatic rings. The second kappa shape index (κ2) is 6.92. The van der Waals surface area contributed by atoms with Gasteiger partial charge in [-0.3, -0.25) is 0 Å². The van der Waals surface area contributed by atoms with Gasteiger partial charge in [0.15, 0.2) is 0 Å². The fraction of sp³-hybridized carbons (Fsp3) is 0.467. The van der Waals surface area contributed by atoms with Crippen molar-refractivity contribution in [1.82, 2.24) is 5.43 Å². The maximum absolute atomic E-state index is 12.2. The Morgan fingerprint density at radius 2 is 2.05 bits per heavy atom. The van der Waals surface area contributed by atoms with Crippen LogP contribution in [-0.2, 0) is 4.74 Å². The predicted molar refractivity (Wildman–Crippen MR) is 75.4 cm³/mol. The lowest BCUT2D eigenvalue weighted by molar-refractivity contribution is 0.0211. The van der Waals surface area contributed by atoms with E-state index in [1.807, 2.05) is 18.2 Å². The Balaban J connectivity index is 2.07. The van der Waals surface area contributed by atoms with E-state index < -0.39 is 0 Å². The molecule has 1 N–H and O–H groups in total. The smallest absolute Gasteiger partial charge is 0.339 e. The normalized spacial score (nSPS) is 16.5. The number of nitrogens with one attached hydrogen (secondary N) is 1. The third kappa shape index (κ3) is 3.81. The van der Waals surface area contributed by atoms with Gasteiger partial charge in [-0.1, -0.05) is 24.6 Å². The number of hydrazone groups is 1. The minimum absolute atomic E-state index is 0.0792. The Labute approximate surface area is 113 Å². The van der Waals surface area contributed by atoms with E-state index in [0.29, 0.717) is 5.56 Å². The highest BCUT2D eigenvalue weighted by Gasteiger charge is 2.19. The van der Waals surface area contributed by atoms with Crippen LogP contribution in [0.2, 0.25) is 0 Å². The van der Waals surface area contributed by atoms with Crippen molar-refractivity contribution in [3.05, 3.63) is 35.4 Å². The zero-order valence-corrected chi connectivity index (χ0v) is 11.3. The molecule has 4 heteroatoms. The van der Waals surface area contributed by atoms with Gasteiger partial charge in [0.1, 0.15) is 6.10 Å². The van der Waals surface area contributed by atoms with Gasteiger partial charge in [-0.05, 0) is 31.7 Å². The van der Waals surface area contributed by atoms with E-state index in [-0.39, 0.29) is 12.1 Å². The molecule has 2 rings (SSSR count). The average Bonchev–Trinajstić information content (AvgIpc) is 2.46. The van der Waals surface area contributed by atoms with Crippen molar-refractivity contribution in [3.63, 3.8) is 0 Å². The van der Waals surface area contributed by atoms with Crippen molar-refractivity contribution in [3.8, 4) is 0 Å². The van der Waals surface area contributed by atoms with Gasteiger partial charge in [-0.25, -0.2) is 4.79 Å². The van der Waals surface area contributed by atoms with Crippen molar-refractivity contribution in [2.24, 2.45) is 5.10 Å². The molecule has 19 heavy (non-hydrogen) atoms. The maximum Gasteiger partial charge on any atom is 0.339 e. The molecule has 1 aromatic carbocycles. The summed E-state index contributed by atoms with van der Waals surface area (Å²) < 4.78 is 5.58. The summed E-state index contributed by atoms with van der Waals surface area (Å²) >= 11 is 0. The van der Waals surface area contributed by atoms with Gasteiger partial charge < -0.3 is 10.2 Å². The van der Waals surface area contributed by atoms with Crippen LogP contribution in [0.15, 0.2) is 29.4 Å². The van der Waals surface area contributed by atoms with Crippen LogP contribution in [0.3, 0.4) is 0 Å². The number of rotatable bonds is 4. The first-order valence-electron chi connectivity index (χ1n) is 6.81. The van der Waals surface area contributed by atoms with Gasteiger partial charge in [-0.15, -0.1) is 0 Å². The van der Waals surface area contributed by atoms with Crippen LogP contribution in [-0.4, -0.2) is 25.3 Å². The number of benzene rings is 1. The molecule has 0 unspecified atom stereocenters. The zero-order valence-electron chi connectivity index (χ0n) is 11.3. The molecule has 0 atom stereocenters. The third-order valence-corrected chi connectivity index (χ3v) is 3.34. The highest BCUT2D eigenvalue weighted by molar-refractivity contribution is 5.99. The highest BCUT2D eigenvalue weighted by Crippen LogP contribution is 2.21. The Bertz CT molecular complexity index is 451. The summed E-state index contributed by atoms with van der Waals surface area (Å²) in [6.07, 6.45) is 7.24. The van der Waals surface area contributed by atoms with Gasteiger partial charge in [0.2, 0.25) is 0 Å². The van der Waals surface area contributed by atoms with Crippen molar-refractivity contribution in [1.29, 1.82) is 0 Å². The van der Waals surface area contributed by atoms with Gasteiger partial charge in [-0.2, -0.15) is 5.10 Å². The third-order valence-electron chi connectivity index (χ3n) is 3.34. The molecule has 1 saturated carbocycles. The lowest BCUT2D eigenvalue weighted by Crippen LogP contribution is -2.21. The molecule has 1 aliphatic carbocycles. The molecular formula is C15H20N2O2. The molecule has 0 spiro atoms. The molecule has 1 fully saturated rings. The number of carbonyl (C=O) groups excluding carboxylic acids is 1. The lowest BCUT2D eigenvalue weighted by Gasteiger charge is -2.22. The van der Waals surface area contributed by atoms with Crippen LogP contribution < -0.4 is 5.43 Å². The van der Waals surface area contributed by atoms with Crippen LogP contribution in [0.25, 0.3) is 0 Å². The van der Waals surface area contributed by atoms with Crippen LogP contribution in [0.5, 0.6) is 0 Å². The zero-order chi connectivity index (χ0) is 13.5. The topological polar surface area (TPSA) is 50.7 Å². The molecule has 0 amide bonds. The van der Waals surface area contributed by atoms with E-state index in [1.165, 1.54) is 6.42 Å². The summed E-state index contributed by atoms with van der Waals surface area (Å²) in [4.78, 5) is 12.2. The van der Waals surface area contributed by atoms with Crippen LogP contribution in [0, 0.1) is 0 Å². The second-order valence-electron chi connectivity index (χ2n) is 4.73. The Hall–Kier alpha value is -1.84. The molecule has 0 saturated heterocycles. The number of hydrogen-bond acceptors (Lipinski definition) is 4. The lowest BCUT2D eigenvalue weighted by atomic mass is 9.97. The first-order chi connectivity index (χ1) is 9.31. The molecule has 0 aromatic heterocycles. The number of nitrogens with zero attached hydrogens (tertiary/aromatic N) is 1. The molecule has 102 valence electrons. The quantitative estimate of drug-likeness (QED) is 0.514. The molecule has 0 aliphatic heterocycles. The summed E-state index contributed by atoms with van der Waals surface area (Å²) in [5, 5.41) is 3.95.